The van der Waals surface area contributed by atoms with Crippen LogP contribution in [0.15, 0.2) is 42.7 Å². The lowest BCUT2D eigenvalue weighted by molar-refractivity contribution is 0.405. The molecule has 1 heterocycles. The zero-order valence-electron chi connectivity index (χ0n) is 11.3. The molecule has 0 spiro atoms. The smallest absolute Gasteiger partial charge is 0.159 e. The van der Waals surface area contributed by atoms with Gasteiger partial charge in [-0.3, -0.25) is 4.31 Å². The van der Waals surface area contributed by atoms with Gasteiger partial charge in [0.2, 0.25) is 0 Å². The monoisotopic (exact) mass is 309 g/mol. The molecule has 0 saturated heterocycles. The largest absolute Gasteiger partial charge is 0.504 e. The van der Waals surface area contributed by atoms with E-state index in [-0.39, 0.29) is 11.5 Å². The van der Waals surface area contributed by atoms with Gasteiger partial charge in [0.15, 0.2) is 17.3 Å². The average Bonchev–Trinajstić information content (AvgIpc) is 2.55. The Morgan fingerprint density at radius 1 is 1.09 bits per heavy atom. The molecular formula is C16H11N3O2S. The Morgan fingerprint density at radius 2 is 1.86 bits per heavy atom. The van der Waals surface area contributed by atoms with E-state index in [9.17, 15) is 10.2 Å². The molecule has 0 bridgehead atoms. The maximum atomic E-state index is 9.70. The molecule has 0 unspecified atom stereocenters. The molecule has 1 aromatic heterocycles. The molecule has 22 heavy (non-hydrogen) atoms. The first-order valence-corrected chi connectivity index (χ1v) is 6.72. The fourth-order valence-electron chi connectivity index (χ4n) is 2.09. The van der Waals surface area contributed by atoms with Crippen LogP contribution in [0.25, 0.3) is 10.9 Å². The van der Waals surface area contributed by atoms with E-state index in [0.29, 0.717) is 16.7 Å². The summed E-state index contributed by atoms with van der Waals surface area (Å²) in [6.45, 7) is 0. The van der Waals surface area contributed by atoms with Gasteiger partial charge < -0.3 is 10.2 Å². The topological polar surface area (TPSA) is 69.5 Å². The molecule has 0 atom stereocenters. The van der Waals surface area contributed by atoms with Gasteiger partial charge in [0.05, 0.1) is 11.2 Å². The van der Waals surface area contributed by atoms with E-state index in [1.807, 2.05) is 18.2 Å². The van der Waals surface area contributed by atoms with Crippen LogP contribution in [-0.4, -0.2) is 20.2 Å². The molecule has 0 aliphatic heterocycles. The van der Waals surface area contributed by atoms with E-state index >= 15 is 0 Å². The number of aromatic hydroxyl groups is 2. The standard InChI is InChI=1S/C16H11N3O2S/c1-2-10-4-3-5-11(6-10)19(22)16-12-7-14(20)15(21)8-13(12)17-9-18-16/h1,3-9,20-22H. The molecule has 0 amide bonds. The van der Waals surface area contributed by atoms with Gasteiger partial charge in [0, 0.05) is 17.0 Å². The van der Waals surface area contributed by atoms with Crippen molar-refractivity contribution in [1.82, 2.24) is 9.97 Å². The zero-order chi connectivity index (χ0) is 15.7. The number of phenolic OH excluding ortho intramolecular Hbond substituents is 2. The van der Waals surface area contributed by atoms with Gasteiger partial charge in [0.25, 0.3) is 0 Å². The summed E-state index contributed by atoms with van der Waals surface area (Å²) in [7, 11) is 0. The van der Waals surface area contributed by atoms with Crippen molar-refractivity contribution in [2.75, 3.05) is 4.31 Å². The second-order valence-electron chi connectivity index (χ2n) is 4.56. The van der Waals surface area contributed by atoms with E-state index < -0.39 is 0 Å². The Bertz CT molecular complexity index is 906. The summed E-state index contributed by atoms with van der Waals surface area (Å²) in [5.74, 6) is 2.54. The van der Waals surface area contributed by atoms with Gasteiger partial charge in [-0.15, -0.1) is 6.42 Å². The lowest BCUT2D eigenvalue weighted by Gasteiger charge is -2.18. The number of hydrogen-bond acceptors (Lipinski definition) is 6. The molecule has 0 aliphatic carbocycles. The van der Waals surface area contributed by atoms with Crippen LogP contribution < -0.4 is 4.31 Å². The molecule has 0 fully saturated rings. The predicted molar refractivity (Wildman–Crippen MR) is 88.4 cm³/mol. The molecule has 2 N–H and O–H groups in total. The fourth-order valence-corrected chi connectivity index (χ4v) is 2.37. The number of benzene rings is 2. The molecule has 6 heteroatoms. The van der Waals surface area contributed by atoms with Crippen molar-refractivity contribution < 1.29 is 10.2 Å². The van der Waals surface area contributed by atoms with Crippen LogP contribution >= 0.6 is 12.8 Å². The van der Waals surface area contributed by atoms with Gasteiger partial charge in [0.1, 0.15) is 6.33 Å². The summed E-state index contributed by atoms with van der Waals surface area (Å²) in [5.41, 5.74) is 1.94. The molecular weight excluding hydrogens is 298 g/mol. The molecule has 108 valence electrons. The maximum Gasteiger partial charge on any atom is 0.159 e. The minimum atomic E-state index is -0.248. The summed E-state index contributed by atoms with van der Waals surface area (Å²) in [5, 5.41) is 19.8. The van der Waals surface area contributed by atoms with Gasteiger partial charge in [-0.1, -0.05) is 24.8 Å². The zero-order valence-corrected chi connectivity index (χ0v) is 12.2. The normalized spacial score (nSPS) is 10.4. The third-order valence-corrected chi connectivity index (χ3v) is 3.59. The van der Waals surface area contributed by atoms with Gasteiger partial charge >= 0.3 is 0 Å². The quantitative estimate of drug-likeness (QED) is 0.386. The number of hydrogen-bond donors (Lipinski definition) is 3. The second kappa shape index (κ2) is 5.47. The van der Waals surface area contributed by atoms with Crippen molar-refractivity contribution in [3.63, 3.8) is 0 Å². The van der Waals surface area contributed by atoms with Crippen LogP contribution in [0.5, 0.6) is 11.5 Å². The van der Waals surface area contributed by atoms with Crippen LogP contribution in [0.2, 0.25) is 0 Å². The Labute approximate surface area is 132 Å². The van der Waals surface area contributed by atoms with Gasteiger partial charge in [-0.05, 0) is 24.3 Å². The number of aromatic nitrogens is 2. The number of nitrogens with zero attached hydrogens (tertiary/aromatic N) is 3. The van der Waals surface area contributed by atoms with Crippen LogP contribution in [0.1, 0.15) is 5.56 Å². The number of fused-ring (bicyclic) bond motifs is 1. The highest BCUT2D eigenvalue weighted by molar-refractivity contribution is 7.82. The van der Waals surface area contributed by atoms with Crippen molar-refractivity contribution in [3.8, 4) is 23.8 Å². The van der Waals surface area contributed by atoms with Gasteiger partial charge in [-0.25, -0.2) is 9.97 Å². The van der Waals surface area contributed by atoms with E-state index in [1.54, 1.807) is 10.4 Å². The molecule has 0 radical (unpaired) electrons. The molecule has 2 aromatic carbocycles. The Morgan fingerprint density at radius 3 is 2.64 bits per heavy atom. The lowest BCUT2D eigenvalue weighted by atomic mass is 10.2. The number of thiol groups is 1. The molecule has 0 saturated carbocycles. The first kappa shape index (κ1) is 14.0. The van der Waals surface area contributed by atoms with Crippen molar-refractivity contribution in [2.45, 2.75) is 0 Å². The third kappa shape index (κ3) is 2.38. The van der Waals surface area contributed by atoms with Crippen molar-refractivity contribution >= 4 is 35.2 Å². The van der Waals surface area contributed by atoms with Crippen molar-refractivity contribution in [3.05, 3.63) is 48.3 Å². The third-order valence-electron chi connectivity index (χ3n) is 3.17. The lowest BCUT2D eigenvalue weighted by Crippen LogP contribution is -2.05. The molecule has 3 aromatic rings. The van der Waals surface area contributed by atoms with E-state index in [4.69, 9.17) is 6.42 Å². The summed E-state index contributed by atoms with van der Waals surface area (Å²) in [6.07, 6.45) is 6.77. The van der Waals surface area contributed by atoms with Crippen LogP contribution in [-0.2, 0) is 0 Å². The predicted octanol–water partition coefficient (Wildman–Crippen LogP) is 3.01. The van der Waals surface area contributed by atoms with Crippen LogP contribution in [0, 0.1) is 12.3 Å². The highest BCUT2D eigenvalue weighted by atomic mass is 32.1. The minimum Gasteiger partial charge on any atom is -0.504 e. The fraction of sp³-hybridized carbons (Fsp3) is 0. The first-order valence-electron chi connectivity index (χ1n) is 6.32. The number of phenols is 2. The van der Waals surface area contributed by atoms with Crippen LogP contribution in [0.4, 0.5) is 11.5 Å². The van der Waals surface area contributed by atoms with Crippen LogP contribution in [0.3, 0.4) is 0 Å². The Kier molecular flexibility index (Phi) is 3.49. The second-order valence-corrected chi connectivity index (χ2v) is 4.96. The summed E-state index contributed by atoms with van der Waals surface area (Å²) >= 11 is 4.46. The highest BCUT2D eigenvalue weighted by Crippen LogP contribution is 2.36. The van der Waals surface area contributed by atoms with Gasteiger partial charge in [-0.2, -0.15) is 0 Å². The van der Waals surface area contributed by atoms with E-state index in [0.717, 1.165) is 11.3 Å². The Hall–Kier alpha value is -2.91. The summed E-state index contributed by atoms with van der Waals surface area (Å²) < 4.78 is 1.54. The van der Waals surface area contributed by atoms with E-state index in [2.05, 4.69) is 28.7 Å². The summed E-state index contributed by atoms with van der Waals surface area (Å²) in [6, 6.07) is 10.0. The highest BCUT2D eigenvalue weighted by Gasteiger charge is 2.14. The first-order chi connectivity index (χ1) is 10.6. The van der Waals surface area contributed by atoms with E-state index in [1.165, 1.54) is 18.5 Å². The number of anilines is 2. The molecule has 0 aliphatic rings. The maximum absolute atomic E-state index is 9.70. The number of terminal acetylenes is 1. The minimum absolute atomic E-state index is 0.239. The SMILES string of the molecule is C#Cc1cccc(N(S)c2ncnc3cc(O)c(O)cc23)c1. The number of rotatable bonds is 2. The molecule has 3 rings (SSSR count). The summed E-state index contributed by atoms with van der Waals surface area (Å²) in [4.78, 5) is 8.28. The average molecular weight is 309 g/mol. The van der Waals surface area contributed by atoms with Crippen molar-refractivity contribution in [1.29, 1.82) is 0 Å². The van der Waals surface area contributed by atoms with Crippen molar-refractivity contribution in [2.24, 2.45) is 0 Å². The Balaban J connectivity index is 2.17. The molecule has 5 nitrogen and oxygen atoms in total.